The molecule has 0 bridgehead atoms. The molecule has 1 N–H and O–H groups in total. The SMILES string of the molecule is CCOC(=O)COc1ccc(/C=C2\SC(=Nc3ccc(CC)cc3)NC2=O)cc1OC. The number of carbonyl (C=O) groups is 2. The number of thioether (sulfide) groups is 1. The van der Waals surface area contributed by atoms with Gasteiger partial charge in [0, 0.05) is 0 Å². The van der Waals surface area contributed by atoms with Crippen LogP contribution in [-0.4, -0.2) is 37.4 Å². The third-order valence-electron chi connectivity index (χ3n) is 4.36. The maximum absolute atomic E-state index is 12.4. The number of aliphatic imine (C=N–C) groups is 1. The van der Waals surface area contributed by atoms with Crippen LogP contribution >= 0.6 is 11.8 Å². The summed E-state index contributed by atoms with van der Waals surface area (Å²) in [7, 11) is 1.51. The monoisotopic (exact) mass is 440 g/mol. The summed E-state index contributed by atoms with van der Waals surface area (Å²) in [6.07, 6.45) is 2.71. The third-order valence-corrected chi connectivity index (χ3v) is 5.27. The van der Waals surface area contributed by atoms with Crippen molar-refractivity contribution in [3.8, 4) is 11.5 Å². The molecule has 3 rings (SSSR count). The van der Waals surface area contributed by atoms with Crippen LogP contribution in [0.5, 0.6) is 11.5 Å². The van der Waals surface area contributed by atoms with Gasteiger partial charge < -0.3 is 19.5 Å². The van der Waals surface area contributed by atoms with Crippen molar-refractivity contribution in [1.82, 2.24) is 5.32 Å². The molecular weight excluding hydrogens is 416 g/mol. The van der Waals surface area contributed by atoms with Crippen molar-refractivity contribution in [2.45, 2.75) is 20.3 Å². The second-order valence-corrected chi connectivity index (χ2v) is 7.54. The number of nitrogens with zero attached hydrogens (tertiary/aromatic N) is 1. The van der Waals surface area contributed by atoms with Gasteiger partial charge in [-0.3, -0.25) is 4.79 Å². The molecule has 7 nitrogen and oxygen atoms in total. The number of rotatable bonds is 8. The van der Waals surface area contributed by atoms with Crippen LogP contribution in [-0.2, 0) is 20.7 Å². The van der Waals surface area contributed by atoms with Crippen LogP contribution in [0.4, 0.5) is 5.69 Å². The van der Waals surface area contributed by atoms with E-state index in [2.05, 4.69) is 17.2 Å². The molecule has 0 atom stereocenters. The average Bonchev–Trinajstić information content (AvgIpc) is 3.11. The molecular formula is C23H24N2O5S. The van der Waals surface area contributed by atoms with Crippen LogP contribution in [0.15, 0.2) is 52.4 Å². The first kappa shape index (κ1) is 22.4. The first-order valence-corrected chi connectivity index (χ1v) is 10.7. The zero-order valence-corrected chi connectivity index (χ0v) is 18.5. The smallest absolute Gasteiger partial charge is 0.344 e. The maximum Gasteiger partial charge on any atom is 0.344 e. The number of hydrogen-bond donors (Lipinski definition) is 1. The van der Waals surface area contributed by atoms with Gasteiger partial charge in [0.1, 0.15) is 0 Å². The number of nitrogens with one attached hydrogen (secondary N) is 1. The summed E-state index contributed by atoms with van der Waals surface area (Å²) in [4.78, 5) is 28.9. The minimum absolute atomic E-state index is 0.206. The largest absolute Gasteiger partial charge is 0.493 e. The van der Waals surface area contributed by atoms with Crippen molar-refractivity contribution < 1.29 is 23.8 Å². The Labute approximate surface area is 185 Å². The summed E-state index contributed by atoms with van der Waals surface area (Å²) in [5.41, 5.74) is 2.77. The highest BCUT2D eigenvalue weighted by atomic mass is 32.2. The van der Waals surface area contributed by atoms with E-state index in [9.17, 15) is 9.59 Å². The van der Waals surface area contributed by atoms with E-state index in [1.807, 2.05) is 24.3 Å². The predicted molar refractivity (Wildman–Crippen MR) is 122 cm³/mol. The van der Waals surface area contributed by atoms with Gasteiger partial charge in [0.15, 0.2) is 23.3 Å². The van der Waals surface area contributed by atoms with E-state index in [0.717, 1.165) is 17.7 Å². The molecule has 2 aromatic rings. The van der Waals surface area contributed by atoms with E-state index in [-0.39, 0.29) is 12.5 Å². The predicted octanol–water partition coefficient (Wildman–Crippen LogP) is 4.09. The van der Waals surface area contributed by atoms with Crippen molar-refractivity contribution in [2.24, 2.45) is 4.99 Å². The molecule has 1 fully saturated rings. The van der Waals surface area contributed by atoms with Crippen LogP contribution < -0.4 is 14.8 Å². The molecule has 0 aliphatic carbocycles. The highest BCUT2D eigenvalue weighted by Crippen LogP contribution is 2.32. The molecule has 8 heteroatoms. The number of benzene rings is 2. The van der Waals surface area contributed by atoms with E-state index in [1.54, 1.807) is 31.2 Å². The second kappa shape index (κ2) is 10.7. The second-order valence-electron chi connectivity index (χ2n) is 6.51. The van der Waals surface area contributed by atoms with E-state index in [0.29, 0.717) is 28.2 Å². The van der Waals surface area contributed by atoms with Crippen LogP contribution in [0.3, 0.4) is 0 Å². The Morgan fingerprint density at radius 3 is 2.58 bits per heavy atom. The summed E-state index contributed by atoms with van der Waals surface area (Å²) in [6.45, 7) is 3.91. The first-order valence-electron chi connectivity index (χ1n) is 9.87. The highest BCUT2D eigenvalue weighted by Gasteiger charge is 2.24. The Balaban J connectivity index is 1.72. The number of ether oxygens (including phenoxy) is 3. The van der Waals surface area contributed by atoms with Crippen LogP contribution in [0, 0.1) is 0 Å². The Hall–Kier alpha value is -3.26. The highest BCUT2D eigenvalue weighted by molar-refractivity contribution is 8.18. The Morgan fingerprint density at radius 1 is 1.13 bits per heavy atom. The summed E-state index contributed by atoms with van der Waals surface area (Å²) >= 11 is 1.27. The van der Waals surface area contributed by atoms with Crippen molar-refractivity contribution in [1.29, 1.82) is 0 Å². The molecule has 31 heavy (non-hydrogen) atoms. The lowest BCUT2D eigenvalue weighted by atomic mass is 10.2. The van der Waals surface area contributed by atoms with Crippen molar-refractivity contribution in [3.63, 3.8) is 0 Å². The molecule has 0 saturated carbocycles. The number of amidine groups is 1. The normalized spacial score (nSPS) is 15.8. The maximum atomic E-state index is 12.4. The Kier molecular flexibility index (Phi) is 7.72. The van der Waals surface area contributed by atoms with E-state index in [4.69, 9.17) is 14.2 Å². The van der Waals surface area contributed by atoms with Crippen molar-refractivity contribution in [2.75, 3.05) is 20.3 Å². The number of hydrogen-bond acceptors (Lipinski definition) is 7. The van der Waals surface area contributed by atoms with E-state index >= 15 is 0 Å². The van der Waals surface area contributed by atoms with Gasteiger partial charge in [-0.05, 0) is 66.6 Å². The molecule has 0 radical (unpaired) electrons. The minimum Gasteiger partial charge on any atom is -0.493 e. The summed E-state index contributed by atoms with van der Waals surface area (Å²) in [5, 5.41) is 3.31. The van der Waals surface area contributed by atoms with Gasteiger partial charge in [0.25, 0.3) is 5.91 Å². The van der Waals surface area contributed by atoms with Crippen LogP contribution in [0.1, 0.15) is 25.0 Å². The first-order chi connectivity index (χ1) is 15.0. The molecule has 0 unspecified atom stereocenters. The number of esters is 1. The van der Waals surface area contributed by atoms with Gasteiger partial charge in [-0.1, -0.05) is 25.1 Å². The van der Waals surface area contributed by atoms with Gasteiger partial charge in [0.05, 0.1) is 24.3 Å². The van der Waals surface area contributed by atoms with E-state index in [1.165, 1.54) is 24.4 Å². The number of amides is 1. The quantitative estimate of drug-likeness (QED) is 0.492. The lowest BCUT2D eigenvalue weighted by Crippen LogP contribution is -2.19. The van der Waals surface area contributed by atoms with Crippen molar-refractivity contribution >= 4 is 40.6 Å². The summed E-state index contributed by atoms with van der Waals surface area (Å²) in [6, 6.07) is 13.1. The molecule has 1 amide bonds. The molecule has 1 aliphatic heterocycles. The van der Waals surface area contributed by atoms with Gasteiger partial charge in [-0.15, -0.1) is 0 Å². The third kappa shape index (κ3) is 6.11. The minimum atomic E-state index is -0.453. The zero-order chi connectivity index (χ0) is 22.2. The summed E-state index contributed by atoms with van der Waals surface area (Å²) < 4.78 is 15.7. The fourth-order valence-electron chi connectivity index (χ4n) is 2.79. The zero-order valence-electron chi connectivity index (χ0n) is 17.6. The molecule has 1 aliphatic rings. The number of carbonyl (C=O) groups excluding carboxylic acids is 2. The average molecular weight is 441 g/mol. The van der Waals surface area contributed by atoms with Crippen LogP contribution in [0.2, 0.25) is 0 Å². The molecule has 1 heterocycles. The topological polar surface area (TPSA) is 86.2 Å². The van der Waals surface area contributed by atoms with Gasteiger partial charge in [-0.2, -0.15) is 0 Å². The van der Waals surface area contributed by atoms with E-state index < -0.39 is 5.97 Å². The molecule has 162 valence electrons. The van der Waals surface area contributed by atoms with Gasteiger partial charge in [-0.25, -0.2) is 9.79 Å². The fourth-order valence-corrected chi connectivity index (χ4v) is 3.63. The fraction of sp³-hybridized carbons (Fsp3) is 0.261. The molecule has 0 aromatic heterocycles. The summed E-state index contributed by atoms with van der Waals surface area (Å²) in [5.74, 6) is 0.201. The molecule has 1 saturated heterocycles. The number of aryl methyl sites for hydroxylation is 1. The lowest BCUT2D eigenvalue weighted by molar-refractivity contribution is -0.145. The Morgan fingerprint density at radius 2 is 1.90 bits per heavy atom. The molecule has 0 spiro atoms. The standard InChI is InChI=1S/C23H24N2O5S/c1-4-15-6-9-17(10-7-15)24-23-25-22(27)20(31-23)13-16-8-11-18(19(12-16)28-3)30-14-21(26)29-5-2/h6-13H,4-5,14H2,1-3H3,(H,24,25,27)/b20-13-. The Bertz CT molecular complexity index is 1020. The van der Waals surface area contributed by atoms with Gasteiger partial charge >= 0.3 is 5.97 Å². The lowest BCUT2D eigenvalue weighted by Gasteiger charge is -2.11. The molecule has 2 aromatic carbocycles. The number of methoxy groups -OCH3 is 1. The van der Waals surface area contributed by atoms with Gasteiger partial charge in [0.2, 0.25) is 0 Å². The van der Waals surface area contributed by atoms with Crippen molar-refractivity contribution in [3.05, 3.63) is 58.5 Å². The van der Waals surface area contributed by atoms with Crippen LogP contribution in [0.25, 0.3) is 6.08 Å².